The second-order valence-electron chi connectivity index (χ2n) is 11.6. The molecule has 1 aromatic heterocycles. The van der Waals surface area contributed by atoms with Gasteiger partial charge in [0.2, 0.25) is 0 Å². The highest BCUT2D eigenvalue weighted by molar-refractivity contribution is 6.47. The minimum Gasteiger partial charge on any atom is -0.345 e. The summed E-state index contributed by atoms with van der Waals surface area (Å²) in [6, 6.07) is 12.0. The summed E-state index contributed by atoms with van der Waals surface area (Å²) in [5.74, 6) is 0.370. The number of hydrogen-bond acceptors (Lipinski definition) is 6. The van der Waals surface area contributed by atoms with Crippen molar-refractivity contribution in [3.8, 4) is 0 Å². The van der Waals surface area contributed by atoms with Gasteiger partial charge in [-0.05, 0) is 73.9 Å². The van der Waals surface area contributed by atoms with Gasteiger partial charge in [0, 0.05) is 21.2 Å². The van der Waals surface area contributed by atoms with E-state index in [9.17, 15) is 9.59 Å². The van der Waals surface area contributed by atoms with E-state index in [0.29, 0.717) is 45.0 Å². The zero-order chi connectivity index (χ0) is 29.2. The Kier molecular flexibility index (Phi) is 8.66. The molecule has 0 fully saturated rings. The number of hydrogen-bond donors (Lipinski definition) is 2. The van der Waals surface area contributed by atoms with Crippen molar-refractivity contribution in [2.75, 3.05) is 0 Å². The number of rotatable bonds is 9. The van der Waals surface area contributed by atoms with E-state index in [1.165, 1.54) is 0 Å². The lowest BCUT2D eigenvalue weighted by Gasteiger charge is -2.39. The van der Waals surface area contributed by atoms with E-state index < -0.39 is 5.66 Å². The molecule has 40 heavy (non-hydrogen) atoms. The van der Waals surface area contributed by atoms with Crippen LogP contribution >= 0.6 is 23.2 Å². The van der Waals surface area contributed by atoms with Crippen molar-refractivity contribution in [1.29, 1.82) is 0 Å². The number of nitrogens with one attached hydrogen (secondary N) is 2. The van der Waals surface area contributed by atoms with Gasteiger partial charge < -0.3 is 10.2 Å². The lowest BCUT2D eigenvalue weighted by molar-refractivity contribution is -0.130. The number of nitrogens with zero attached hydrogens (tertiary/aromatic N) is 5. The van der Waals surface area contributed by atoms with E-state index in [-0.39, 0.29) is 29.8 Å². The number of aromatic amines is 1. The van der Waals surface area contributed by atoms with E-state index in [1.807, 2.05) is 30.9 Å². The molecule has 11 heteroatoms. The van der Waals surface area contributed by atoms with Gasteiger partial charge in [-0.1, -0.05) is 68.2 Å². The number of halogens is 2. The van der Waals surface area contributed by atoms with Crippen LogP contribution in [0, 0.1) is 11.3 Å². The molecule has 9 nitrogen and oxygen atoms in total. The minimum atomic E-state index is -0.777. The Balaban J connectivity index is 1.60. The second kappa shape index (κ2) is 11.7. The molecule has 0 spiro atoms. The van der Waals surface area contributed by atoms with Crippen LogP contribution in [0.15, 0.2) is 47.5 Å². The van der Waals surface area contributed by atoms with E-state index in [4.69, 9.17) is 28.2 Å². The summed E-state index contributed by atoms with van der Waals surface area (Å²) in [7, 11) is 0. The van der Waals surface area contributed by atoms with E-state index in [0.717, 1.165) is 12.0 Å². The molecule has 4 rings (SSSR count). The minimum absolute atomic E-state index is 0.128. The molecular formula is C29H35Cl2N7O2. The van der Waals surface area contributed by atoms with E-state index in [1.54, 1.807) is 30.3 Å². The van der Waals surface area contributed by atoms with Crippen molar-refractivity contribution >= 4 is 40.7 Å². The summed E-state index contributed by atoms with van der Waals surface area (Å²) in [6.07, 6.45) is 1.58. The molecule has 3 aromatic rings. The maximum atomic E-state index is 14.0. The normalized spacial score (nSPS) is 18.9. The van der Waals surface area contributed by atoms with E-state index in [2.05, 4.69) is 53.6 Å². The van der Waals surface area contributed by atoms with Crippen molar-refractivity contribution in [3.63, 3.8) is 0 Å². The summed E-state index contributed by atoms with van der Waals surface area (Å²) in [4.78, 5) is 33.5. The molecule has 2 heterocycles. The summed E-state index contributed by atoms with van der Waals surface area (Å²) in [5, 5.41) is 17.2. The first-order valence-electron chi connectivity index (χ1n) is 13.3. The third kappa shape index (κ3) is 6.53. The predicted octanol–water partition coefficient (Wildman–Crippen LogP) is 6.01. The van der Waals surface area contributed by atoms with Crippen LogP contribution in [0.1, 0.15) is 87.7 Å². The van der Waals surface area contributed by atoms with Gasteiger partial charge in [0.1, 0.15) is 11.4 Å². The van der Waals surface area contributed by atoms with Crippen molar-refractivity contribution in [3.05, 3.63) is 75.0 Å². The Morgan fingerprint density at radius 3 is 2.33 bits per heavy atom. The molecule has 2 N–H and O–H groups in total. The first-order valence-corrected chi connectivity index (χ1v) is 14.0. The van der Waals surface area contributed by atoms with Crippen LogP contribution < -0.4 is 5.32 Å². The molecule has 0 saturated heterocycles. The molecule has 1 aliphatic rings. The lowest BCUT2D eigenvalue weighted by Crippen LogP contribution is -2.46. The number of carbonyl (C=O) groups is 2. The van der Waals surface area contributed by atoms with Crippen LogP contribution in [-0.2, 0) is 11.3 Å². The summed E-state index contributed by atoms with van der Waals surface area (Å²) in [5.41, 5.74) is 1.67. The third-order valence-electron chi connectivity index (χ3n) is 7.80. The Morgan fingerprint density at radius 2 is 1.75 bits per heavy atom. The average molecular weight is 585 g/mol. The monoisotopic (exact) mass is 583 g/mol. The number of benzene rings is 2. The van der Waals surface area contributed by atoms with Gasteiger partial charge >= 0.3 is 0 Å². The maximum Gasteiger partial charge on any atom is 0.275 e. The fourth-order valence-electron chi connectivity index (χ4n) is 4.83. The number of carbonyl (C=O) groups excluding carboxylic acids is 2. The first kappa shape index (κ1) is 29.7. The third-order valence-corrected chi connectivity index (χ3v) is 8.23. The molecule has 0 aliphatic carbocycles. The fraction of sp³-hybridized carbons (Fsp3) is 0.448. The van der Waals surface area contributed by atoms with Gasteiger partial charge in [0.25, 0.3) is 11.8 Å². The van der Waals surface area contributed by atoms with Crippen LogP contribution in [-0.4, -0.2) is 48.7 Å². The van der Waals surface area contributed by atoms with Gasteiger partial charge in [-0.15, -0.1) is 10.2 Å². The molecular weight excluding hydrogens is 549 g/mol. The highest BCUT2D eigenvalue weighted by Crippen LogP contribution is 2.41. The van der Waals surface area contributed by atoms with Gasteiger partial charge in [-0.25, -0.2) is 0 Å². The average Bonchev–Trinajstić information content (AvgIpc) is 3.50. The van der Waals surface area contributed by atoms with E-state index >= 15 is 0 Å². The zero-order valence-corrected chi connectivity index (χ0v) is 25.1. The highest BCUT2D eigenvalue weighted by atomic mass is 35.5. The summed E-state index contributed by atoms with van der Waals surface area (Å²) < 4.78 is 0. The number of tetrazole rings is 1. The standard InChI is InChI=1S/C29H35Cl2N7O2/c1-17(28(3,4)5)11-12-29(6)33-25(21-13-22(30)15-23(31)14-21)27(40)38(29)18(2)19-7-9-20(10-8-19)26(39)32-16-24-34-36-37-35-24/h7-10,13-15,17-18H,11-12,16H2,1-6H3,(H,32,39)(H,34,35,36,37)/t17?,18-,29?/m1/s1. The van der Waals surface area contributed by atoms with Crippen molar-refractivity contribution in [1.82, 2.24) is 30.8 Å². The first-order chi connectivity index (χ1) is 18.8. The Labute approximate surface area is 244 Å². The van der Waals surface area contributed by atoms with Gasteiger partial charge in [-0.2, -0.15) is 5.21 Å². The fourth-order valence-corrected chi connectivity index (χ4v) is 5.35. The molecule has 3 atom stereocenters. The molecule has 2 aromatic carbocycles. The van der Waals surface area contributed by atoms with Crippen molar-refractivity contribution < 1.29 is 9.59 Å². The Hall–Kier alpha value is -3.30. The highest BCUT2D eigenvalue weighted by Gasteiger charge is 2.46. The second-order valence-corrected chi connectivity index (χ2v) is 12.5. The van der Waals surface area contributed by atoms with Gasteiger partial charge in [-0.3, -0.25) is 14.6 Å². The maximum absolute atomic E-state index is 14.0. The zero-order valence-electron chi connectivity index (χ0n) is 23.6. The largest absolute Gasteiger partial charge is 0.345 e. The summed E-state index contributed by atoms with van der Waals surface area (Å²) >= 11 is 12.6. The topological polar surface area (TPSA) is 116 Å². The van der Waals surface area contributed by atoms with Crippen LogP contribution in [0.25, 0.3) is 0 Å². The number of H-pyrrole nitrogens is 1. The SMILES string of the molecule is CC(CCC1(C)N=C(c2cc(Cl)cc(Cl)c2)C(=O)N1[C@H](C)c1ccc(C(=O)NCc2nn[nH]n2)cc1)C(C)(C)C. The predicted molar refractivity (Wildman–Crippen MR) is 156 cm³/mol. The van der Waals surface area contributed by atoms with Crippen LogP contribution in [0.3, 0.4) is 0 Å². The molecule has 212 valence electrons. The lowest BCUT2D eigenvalue weighted by atomic mass is 9.78. The van der Waals surface area contributed by atoms with Gasteiger partial charge in [0.15, 0.2) is 5.82 Å². The molecule has 2 amide bonds. The molecule has 0 bridgehead atoms. The van der Waals surface area contributed by atoms with Crippen molar-refractivity contribution in [2.45, 2.75) is 72.6 Å². The smallest absolute Gasteiger partial charge is 0.275 e. The van der Waals surface area contributed by atoms with Crippen LogP contribution in [0.4, 0.5) is 0 Å². The Bertz CT molecular complexity index is 1380. The van der Waals surface area contributed by atoms with Gasteiger partial charge in [0.05, 0.1) is 12.6 Å². The quantitative estimate of drug-likeness (QED) is 0.320. The molecule has 1 aliphatic heterocycles. The number of amides is 2. The molecule has 2 unspecified atom stereocenters. The van der Waals surface area contributed by atoms with Crippen LogP contribution in [0.5, 0.6) is 0 Å². The molecule has 0 saturated carbocycles. The van der Waals surface area contributed by atoms with Crippen LogP contribution in [0.2, 0.25) is 10.0 Å². The number of aromatic nitrogens is 4. The Morgan fingerprint density at radius 1 is 1.10 bits per heavy atom. The van der Waals surface area contributed by atoms with Crippen molar-refractivity contribution in [2.24, 2.45) is 16.3 Å². The summed E-state index contributed by atoms with van der Waals surface area (Å²) in [6.45, 7) is 13.1. The molecule has 0 radical (unpaired) electrons. The number of aliphatic imine (C=N–C) groups is 1.